The van der Waals surface area contributed by atoms with E-state index in [1.54, 1.807) is 0 Å². The van der Waals surface area contributed by atoms with Gasteiger partial charge >= 0.3 is 0 Å². The molecule has 1 aromatic rings. The molecule has 0 bridgehead atoms. The molecule has 2 N–H and O–H groups in total. The minimum atomic E-state index is 0.382. The monoisotopic (exact) mass is 173 g/mol. The quantitative estimate of drug-likeness (QED) is 0.722. The van der Waals surface area contributed by atoms with E-state index in [1.165, 1.54) is 12.5 Å². The van der Waals surface area contributed by atoms with Gasteiger partial charge in [-0.05, 0) is 0 Å². The number of rotatable bonds is 3. The molecule has 0 radical (unpaired) electrons. The van der Waals surface area contributed by atoms with Gasteiger partial charge in [-0.25, -0.2) is 9.97 Å². The molecular weight excluding hydrogens is 166 g/mol. The summed E-state index contributed by atoms with van der Waals surface area (Å²) in [5, 5.41) is 0.404. The molecular formula is C6H8ClN3O. The summed E-state index contributed by atoms with van der Waals surface area (Å²) in [5.74, 6) is 0.382. The lowest BCUT2D eigenvalue weighted by Gasteiger charge is -2.02. The molecule has 0 aliphatic rings. The van der Waals surface area contributed by atoms with Crippen LogP contribution in [0.4, 0.5) is 0 Å². The van der Waals surface area contributed by atoms with Gasteiger partial charge in [0.15, 0.2) is 0 Å². The van der Waals surface area contributed by atoms with Crippen molar-refractivity contribution in [3.05, 3.63) is 17.5 Å². The summed E-state index contributed by atoms with van der Waals surface area (Å²) in [5.41, 5.74) is 5.21. The van der Waals surface area contributed by atoms with Crippen molar-refractivity contribution in [1.82, 2.24) is 9.97 Å². The molecule has 11 heavy (non-hydrogen) atoms. The fourth-order valence-electron chi connectivity index (χ4n) is 0.563. The standard InChI is InChI=1S/C6H8ClN3O/c7-5-3-9-4-10-6(5)11-2-1-8/h3-4H,1-2,8H2. The maximum Gasteiger partial charge on any atom is 0.235 e. The molecule has 0 saturated carbocycles. The van der Waals surface area contributed by atoms with Crippen molar-refractivity contribution in [1.29, 1.82) is 0 Å². The SMILES string of the molecule is NCCOc1ncncc1Cl. The third-order valence-corrected chi connectivity index (χ3v) is 1.25. The topological polar surface area (TPSA) is 61.0 Å². The van der Waals surface area contributed by atoms with Crippen LogP contribution in [0.2, 0.25) is 5.02 Å². The summed E-state index contributed by atoms with van der Waals surface area (Å²) in [6, 6.07) is 0. The summed E-state index contributed by atoms with van der Waals surface area (Å²) in [4.78, 5) is 7.49. The second-order valence-corrected chi connectivity index (χ2v) is 2.22. The average molecular weight is 174 g/mol. The van der Waals surface area contributed by atoms with E-state index < -0.39 is 0 Å². The van der Waals surface area contributed by atoms with Crippen molar-refractivity contribution in [2.24, 2.45) is 5.73 Å². The Hall–Kier alpha value is -0.870. The molecule has 1 heterocycles. The van der Waals surface area contributed by atoms with Gasteiger partial charge in [0.1, 0.15) is 18.0 Å². The first-order chi connectivity index (χ1) is 5.34. The van der Waals surface area contributed by atoms with Crippen molar-refractivity contribution in [2.75, 3.05) is 13.2 Å². The highest BCUT2D eigenvalue weighted by Crippen LogP contribution is 2.17. The number of nitrogens with zero attached hydrogens (tertiary/aromatic N) is 2. The zero-order chi connectivity index (χ0) is 8.10. The van der Waals surface area contributed by atoms with E-state index in [0.29, 0.717) is 24.1 Å². The number of nitrogens with two attached hydrogens (primary N) is 1. The lowest BCUT2D eigenvalue weighted by Crippen LogP contribution is -2.11. The number of hydrogen-bond donors (Lipinski definition) is 1. The first kappa shape index (κ1) is 8.23. The Labute approximate surface area is 69.4 Å². The Morgan fingerprint density at radius 2 is 2.45 bits per heavy atom. The van der Waals surface area contributed by atoms with Gasteiger partial charge in [0.2, 0.25) is 5.88 Å². The molecule has 1 rings (SSSR count). The second-order valence-electron chi connectivity index (χ2n) is 1.81. The largest absolute Gasteiger partial charge is 0.475 e. The molecule has 0 unspecified atom stereocenters. The van der Waals surface area contributed by atoms with Crippen LogP contribution < -0.4 is 10.5 Å². The van der Waals surface area contributed by atoms with Crippen LogP contribution in [0, 0.1) is 0 Å². The summed E-state index contributed by atoms with van der Waals surface area (Å²) in [6.45, 7) is 0.858. The van der Waals surface area contributed by atoms with E-state index in [-0.39, 0.29) is 0 Å². The van der Waals surface area contributed by atoms with Crippen LogP contribution in [0.3, 0.4) is 0 Å². The predicted octanol–water partition coefficient (Wildman–Crippen LogP) is 0.467. The summed E-state index contributed by atoms with van der Waals surface area (Å²) < 4.78 is 5.08. The first-order valence-electron chi connectivity index (χ1n) is 3.13. The molecule has 5 heteroatoms. The molecule has 0 spiro atoms. The van der Waals surface area contributed by atoms with E-state index in [9.17, 15) is 0 Å². The van der Waals surface area contributed by atoms with E-state index in [0.717, 1.165) is 0 Å². The Morgan fingerprint density at radius 1 is 1.64 bits per heavy atom. The van der Waals surface area contributed by atoms with Gasteiger partial charge in [-0.15, -0.1) is 0 Å². The predicted molar refractivity (Wildman–Crippen MR) is 41.6 cm³/mol. The second kappa shape index (κ2) is 4.10. The summed E-state index contributed by atoms with van der Waals surface area (Å²) >= 11 is 5.67. The number of hydrogen-bond acceptors (Lipinski definition) is 4. The van der Waals surface area contributed by atoms with Crippen molar-refractivity contribution in [3.8, 4) is 5.88 Å². The molecule has 0 aliphatic carbocycles. The van der Waals surface area contributed by atoms with Crippen LogP contribution in [0.15, 0.2) is 12.5 Å². The molecule has 0 aromatic carbocycles. The fourth-order valence-corrected chi connectivity index (χ4v) is 0.723. The first-order valence-corrected chi connectivity index (χ1v) is 3.50. The van der Waals surface area contributed by atoms with Gasteiger partial charge in [-0.3, -0.25) is 0 Å². The normalized spacial score (nSPS) is 9.64. The van der Waals surface area contributed by atoms with Gasteiger partial charge < -0.3 is 10.5 Å². The third-order valence-electron chi connectivity index (χ3n) is 0.990. The number of aromatic nitrogens is 2. The third kappa shape index (κ3) is 2.32. The Kier molecular flexibility index (Phi) is 3.07. The molecule has 60 valence electrons. The Balaban J connectivity index is 2.62. The molecule has 1 aromatic heterocycles. The summed E-state index contributed by atoms with van der Waals surface area (Å²) in [6.07, 6.45) is 2.85. The zero-order valence-corrected chi connectivity index (χ0v) is 6.58. The highest BCUT2D eigenvalue weighted by molar-refractivity contribution is 6.31. The Morgan fingerprint density at radius 3 is 3.09 bits per heavy atom. The van der Waals surface area contributed by atoms with Gasteiger partial charge in [-0.2, -0.15) is 0 Å². The van der Waals surface area contributed by atoms with Crippen LogP contribution >= 0.6 is 11.6 Å². The van der Waals surface area contributed by atoms with Gasteiger partial charge in [0.25, 0.3) is 0 Å². The van der Waals surface area contributed by atoms with Crippen molar-refractivity contribution in [3.63, 3.8) is 0 Å². The zero-order valence-electron chi connectivity index (χ0n) is 5.83. The summed E-state index contributed by atoms with van der Waals surface area (Å²) in [7, 11) is 0. The lowest BCUT2D eigenvalue weighted by molar-refractivity contribution is 0.315. The van der Waals surface area contributed by atoms with Crippen molar-refractivity contribution in [2.45, 2.75) is 0 Å². The fraction of sp³-hybridized carbons (Fsp3) is 0.333. The van der Waals surface area contributed by atoms with Gasteiger partial charge in [0, 0.05) is 6.54 Å². The van der Waals surface area contributed by atoms with Gasteiger partial charge in [-0.1, -0.05) is 11.6 Å². The van der Waals surface area contributed by atoms with Crippen molar-refractivity contribution < 1.29 is 4.74 Å². The number of halogens is 1. The average Bonchev–Trinajstić information content (AvgIpc) is 2.03. The minimum absolute atomic E-state index is 0.382. The van der Waals surface area contributed by atoms with E-state index >= 15 is 0 Å². The molecule has 0 aliphatic heterocycles. The van der Waals surface area contributed by atoms with Crippen LogP contribution in [0.1, 0.15) is 0 Å². The maximum atomic E-state index is 5.67. The number of ether oxygens (including phenoxy) is 1. The Bertz CT molecular complexity index is 231. The lowest BCUT2D eigenvalue weighted by atomic mass is 10.6. The highest BCUT2D eigenvalue weighted by Gasteiger charge is 1.99. The molecule has 0 saturated heterocycles. The smallest absolute Gasteiger partial charge is 0.235 e. The van der Waals surface area contributed by atoms with Gasteiger partial charge in [0.05, 0.1) is 6.20 Å². The minimum Gasteiger partial charge on any atom is -0.475 e. The highest BCUT2D eigenvalue weighted by atomic mass is 35.5. The van der Waals surface area contributed by atoms with Crippen LogP contribution in [-0.4, -0.2) is 23.1 Å². The molecule has 0 amide bonds. The molecule has 0 fully saturated rings. The van der Waals surface area contributed by atoms with Crippen molar-refractivity contribution >= 4 is 11.6 Å². The van der Waals surface area contributed by atoms with Crippen LogP contribution in [0.25, 0.3) is 0 Å². The van der Waals surface area contributed by atoms with Crippen LogP contribution in [0.5, 0.6) is 5.88 Å². The van der Waals surface area contributed by atoms with E-state index in [2.05, 4.69) is 9.97 Å². The molecule has 0 atom stereocenters. The molecule has 4 nitrogen and oxygen atoms in total. The van der Waals surface area contributed by atoms with E-state index in [1.807, 2.05) is 0 Å². The van der Waals surface area contributed by atoms with Crippen LogP contribution in [-0.2, 0) is 0 Å². The maximum absolute atomic E-state index is 5.67. The van der Waals surface area contributed by atoms with E-state index in [4.69, 9.17) is 22.1 Å².